The van der Waals surface area contributed by atoms with Crippen molar-refractivity contribution in [2.45, 2.75) is 51.2 Å². The monoisotopic (exact) mass is 276 g/mol. The maximum atomic E-state index is 5.45. The van der Waals surface area contributed by atoms with E-state index in [2.05, 4.69) is 36.3 Å². The third-order valence-corrected chi connectivity index (χ3v) is 4.37. The molecule has 2 unspecified atom stereocenters. The first-order valence-corrected chi connectivity index (χ1v) is 7.80. The normalized spacial score (nSPS) is 23.0. The summed E-state index contributed by atoms with van der Waals surface area (Å²) in [7, 11) is 3.99. The van der Waals surface area contributed by atoms with E-state index >= 15 is 0 Å². The molecule has 1 aromatic carbocycles. The summed E-state index contributed by atoms with van der Waals surface area (Å²) in [5, 5.41) is 3.60. The molecule has 1 fully saturated rings. The molecule has 20 heavy (non-hydrogen) atoms. The highest BCUT2D eigenvalue weighted by atomic mass is 16.5. The minimum Gasteiger partial charge on any atom is -0.496 e. The van der Waals surface area contributed by atoms with Crippen LogP contribution in [0.5, 0.6) is 5.75 Å². The first-order valence-electron chi connectivity index (χ1n) is 7.80. The van der Waals surface area contributed by atoms with Gasteiger partial charge in [0, 0.05) is 24.2 Å². The van der Waals surface area contributed by atoms with E-state index in [-0.39, 0.29) is 0 Å². The highest BCUT2D eigenvalue weighted by Gasteiger charge is 2.24. The molecule has 1 aliphatic rings. The first kappa shape index (κ1) is 15.3. The van der Waals surface area contributed by atoms with Crippen molar-refractivity contribution >= 4 is 0 Å². The molecule has 1 saturated carbocycles. The number of nitrogens with one attached hydrogen (secondary N) is 1. The predicted octanol–water partition coefficient (Wildman–Crippen LogP) is 3.05. The fourth-order valence-corrected chi connectivity index (χ4v) is 3.27. The molecular weight excluding hydrogens is 248 g/mol. The Labute approximate surface area is 123 Å². The van der Waals surface area contributed by atoms with E-state index in [1.807, 2.05) is 12.1 Å². The molecule has 0 radical (unpaired) electrons. The second-order valence-electron chi connectivity index (χ2n) is 5.80. The first-order chi connectivity index (χ1) is 9.74. The van der Waals surface area contributed by atoms with Gasteiger partial charge in [-0.2, -0.15) is 0 Å². The third kappa shape index (κ3) is 3.97. The fraction of sp³-hybridized carbons (Fsp3) is 0.647. The highest BCUT2D eigenvalue weighted by Crippen LogP contribution is 2.25. The zero-order chi connectivity index (χ0) is 14.4. The Morgan fingerprint density at radius 2 is 2.10 bits per heavy atom. The standard InChI is InChI=1S/C17H28N2O/c1-4-18-15-9-7-10-16(12-15)19(2)13-14-8-5-6-11-17(14)20-3/h5-6,8,11,15-16,18H,4,7,9-10,12-13H2,1-3H3. The summed E-state index contributed by atoms with van der Waals surface area (Å²) in [5.74, 6) is 0.999. The van der Waals surface area contributed by atoms with E-state index < -0.39 is 0 Å². The average molecular weight is 276 g/mol. The van der Waals surface area contributed by atoms with Crippen LogP contribution in [-0.2, 0) is 6.54 Å². The Kier molecular flexibility index (Phi) is 5.86. The van der Waals surface area contributed by atoms with E-state index in [4.69, 9.17) is 4.74 Å². The van der Waals surface area contributed by atoms with E-state index in [0.717, 1.165) is 18.8 Å². The molecule has 1 aromatic rings. The third-order valence-electron chi connectivity index (χ3n) is 4.37. The van der Waals surface area contributed by atoms with Gasteiger partial charge in [0.15, 0.2) is 0 Å². The van der Waals surface area contributed by atoms with Crippen LogP contribution < -0.4 is 10.1 Å². The van der Waals surface area contributed by atoms with Crippen LogP contribution in [0.1, 0.15) is 38.2 Å². The van der Waals surface area contributed by atoms with Crippen molar-refractivity contribution < 1.29 is 4.74 Å². The molecule has 0 amide bonds. The molecule has 0 heterocycles. The quantitative estimate of drug-likeness (QED) is 0.864. The zero-order valence-corrected chi connectivity index (χ0v) is 13.1. The summed E-state index contributed by atoms with van der Waals surface area (Å²) in [4.78, 5) is 2.49. The van der Waals surface area contributed by atoms with Crippen LogP contribution in [-0.4, -0.2) is 37.7 Å². The molecule has 0 aromatic heterocycles. The van der Waals surface area contributed by atoms with Gasteiger partial charge in [0.1, 0.15) is 5.75 Å². The van der Waals surface area contributed by atoms with Crippen molar-refractivity contribution in [3.05, 3.63) is 29.8 Å². The number of nitrogens with zero attached hydrogens (tertiary/aromatic N) is 1. The predicted molar refractivity (Wildman–Crippen MR) is 84.2 cm³/mol. The summed E-state index contributed by atoms with van der Waals surface area (Å²) in [6.45, 7) is 4.24. The number of methoxy groups -OCH3 is 1. The van der Waals surface area contributed by atoms with Crippen LogP contribution in [0.4, 0.5) is 0 Å². The molecule has 3 heteroatoms. The molecule has 3 nitrogen and oxygen atoms in total. The van der Waals surface area contributed by atoms with Crippen molar-refractivity contribution in [2.24, 2.45) is 0 Å². The van der Waals surface area contributed by atoms with Gasteiger partial charge in [-0.15, -0.1) is 0 Å². The largest absolute Gasteiger partial charge is 0.496 e. The van der Waals surface area contributed by atoms with Gasteiger partial charge in [-0.25, -0.2) is 0 Å². The van der Waals surface area contributed by atoms with Crippen LogP contribution in [0.3, 0.4) is 0 Å². The molecule has 2 rings (SSSR count). The number of ether oxygens (including phenoxy) is 1. The van der Waals surface area contributed by atoms with Crippen LogP contribution in [0.25, 0.3) is 0 Å². The Balaban J connectivity index is 1.95. The molecule has 1 N–H and O–H groups in total. The summed E-state index contributed by atoms with van der Waals surface area (Å²) < 4.78 is 5.45. The fourth-order valence-electron chi connectivity index (χ4n) is 3.27. The van der Waals surface area contributed by atoms with Crippen LogP contribution in [0.15, 0.2) is 24.3 Å². The molecule has 1 aliphatic carbocycles. The van der Waals surface area contributed by atoms with E-state index in [1.54, 1.807) is 7.11 Å². The van der Waals surface area contributed by atoms with Gasteiger partial charge < -0.3 is 10.1 Å². The van der Waals surface area contributed by atoms with Crippen LogP contribution in [0, 0.1) is 0 Å². The van der Waals surface area contributed by atoms with Gasteiger partial charge in [-0.1, -0.05) is 31.5 Å². The Morgan fingerprint density at radius 3 is 2.85 bits per heavy atom. The lowest BCUT2D eigenvalue weighted by Crippen LogP contribution is -2.42. The number of hydrogen-bond acceptors (Lipinski definition) is 3. The maximum absolute atomic E-state index is 5.45. The van der Waals surface area contributed by atoms with E-state index in [9.17, 15) is 0 Å². The number of benzene rings is 1. The molecule has 2 atom stereocenters. The van der Waals surface area contributed by atoms with Gasteiger partial charge in [0.25, 0.3) is 0 Å². The summed E-state index contributed by atoms with van der Waals surface area (Å²) in [6, 6.07) is 9.71. The maximum Gasteiger partial charge on any atom is 0.123 e. The van der Waals surface area contributed by atoms with Gasteiger partial charge in [-0.05, 0) is 38.9 Å². The van der Waals surface area contributed by atoms with Crippen molar-refractivity contribution in [1.29, 1.82) is 0 Å². The van der Waals surface area contributed by atoms with E-state index in [1.165, 1.54) is 31.2 Å². The zero-order valence-electron chi connectivity index (χ0n) is 13.1. The van der Waals surface area contributed by atoms with Gasteiger partial charge in [0.2, 0.25) is 0 Å². The van der Waals surface area contributed by atoms with Crippen molar-refractivity contribution in [3.63, 3.8) is 0 Å². The molecule has 0 bridgehead atoms. The SMILES string of the molecule is CCNC1CCCC(N(C)Cc2ccccc2OC)C1. The van der Waals surface area contributed by atoms with Crippen molar-refractivity contribution in [3.8, 4) is 5.75 Å². The lowest BCUT2D eigenvalue weighted by molar-refractivity contribution is 0.162. The summed E-state index contributed by atoms with van der Waals surface area (Å²) in [5.41, 5.74) is 1.28. The Bertz CT molecular complexity index is 406. The lowest BCUT2D eigenvalue weighted by atomic mass is 9.90. The second-order valence-corrected chi connectivity index (χ2v) is 5.80. The topological polar surface area (TPSA) is 24.5 Å². The van der Waals surface area contributed by atoms with Crippen LogP contribution in [0.2, 0.25) is 0 Å². The Morgan fingerprint density at radius 1 is 1.30 bits per heavy atom. The smallest absolute Gasteiger partial charge is 0.123 e. The minimum atomic E-state index is 0.678. The van der Waals surface area contributed by atoms with Gasteiger partial charge in [0.05, 0.1) is 7.11 Å². The molecule has 0 spiro atoms. The second kappa shape index (κ2) is 7.65. The van der Waals surface area contributed by atoms with Crippen molar-refractivity contribution in [1.82, 2.24) is 10.2 Å². The number of rotatable bonds is 6. The number of hydrogen-bond donors (Lipinski definition) is 1. The molecule has 112 valence electrons. The molecule has 0 saturated heterocycles. The summed E-state index contributed by atoms with van der Waals surface area (Å²) >= 11 is 0. The Hall–Kier alpha value is -1.06. The van der Waals surface area contributed by atoms with Gasteiger partial charge >= 0.3 is 0 Å². The highest BCUT2D eigenvalue weighted by molar-refractivity contribution is 5.33. The lowest BCUT2D eigenvalue weighted by Gasteiger charge is -2.36. The number of para-hydroxylation sites is 1. The summed E-state index contributed by atoms with van der Waals surface area (Å²) in [6.07, 6.45) is 5.23. The van der Waals surface area contributed by atoms with E-state index in [0.29, 0.717) is 12.1 Å². The molecule has 0 aliphatic heterocycles. The van der Waals surface area contributed by atoms with Gasteiger partial charge in [-0.3, -0.25) is 4.90 Å². The van der Waals surface area contributed by atoms with Crippen LogP contribution >= 0.6 is 0 Å². The molecular formula is C17H28N2O. The average Bonchev–Trinajstić information content (AvgIpc) is 2.48. The van der Waals surface area contributed by atoms with Crippen molar-refractivity contribution in [2.75, 3.05) is 20.7 Å². The minimum absolute atomic E-state index is 0.678.